The molecule has 21 heavy (non-hydrogen) atoms. The maximum atomic E-state index is 6.03. The fourth-order valence-corrected chi connectivity index (χ4v) is 2.33. The lowest BCUT2D eigenvalue weighted by atomic mass is 10.1. The molecule has 4 nitrogen and oxygen atoms in total. The zero-order valence-corrected chi connectivity index (χ0v) is 12.5. The zero-order chi connectivity index (χ0) is 14.8. The van der Waals surface area contributed by atoms with Gasteiger partial charge in [0.05, 0.1) is 24.8 Å². The lowest BCUT2D eigenvalue weighted by Crippen LogP contribution is -1.99. The minimum Gasteiger partial charge on any atom is -0.479 e. The van der Waals surface area contributed by atoms with Gasteiger partial charge in [-0.1, -0.05) is 23.7 Å². The van der Waals surface area contributed by atoms with Gasteiger partial charge in [0.1, 0.15) is 5.69 Å². The van der Waals surface area contributed by atoms with E-state index in [9.17, 15) is 0 Å². The molecule has 0 saturated carbocycles. The van der Waals surface area contributed by atoms with Crippen molar-refractivity contribution in [1.82, 2.24) is 14.5 Å². The highest BCUT2D eigenvalue weighted by Crippen LogP contribution is 2.27. The van der Waals surface area contributed by atoms with Crippen LogP contribution < -0.4 is 4.74 Å². The molecule has 0 spiro atoms. The van der Waals surface area contributed by atoms with Crippen LogP contribution in [0.3, 0.4) is 0 Å². The van der Waals surface area contributed by atoms with Crippen molar-refractivity contribution in [3.63, 3.8) is 0 Å². The predicted molar refractivity (Wildman–Crippen MR) is 83.1 cm³/mol. The van der Waals surface area contributed by atoms with Crippen molar-refractivity contribution >= 4 is 11.6 Å². The van der Waals surface area contributed by atoms with E-state index in [4.69, 9.17) is 16.3 Å². The average molecular weight is 300 g/mol. The maximum absolute atomic E-state index is 6.03. The molecule has 0 N–H and O–H groups in total. The van der Waals surface area contributed by atoms with Crippen molar-refractivity contribution in [1.29, 1.82) is 0 Å². The van der Waals surface area contributed by atoms with E-state index in [1.807, 2.05) is 54.1 Å². The van der Waals surface area contributed by atoms with Crippen LogP contribution in [0.25, 0.3) is 16.9 Å². The van der Waals surface area contributed by atoms with Crippen LogP contribution in [0.4, 0.5) is 0 Å². The smallest absolute Gasteiger partial charge is 0.238 e. The number of ether oxygens (including phenoxy) is 1. The lowest BCUT2D eigenvalue weighted by Gasteiger charge is -2.10. The number of aryl methyl sites for hydroxylation is 1. The molecule has 0 amide bonds. The Morgan fingerprint density at radius 1 is 1.19 bits per heavy atom. The van der Waals surface area contributed by atoms with Crippen LogP contribution in [0.2, 0.25) is 5.02 Å². The number of hydrogen-bond donors (Lipinski definition) is 0. The second kappa shape index (κ2) is 5.58. The summed E-state index contributed by atoms with van der Waals surface area (Å²) < 4.78 is 7.30. The minimum absolute atomic E-state index is 0.546. The first-order valence-corrected chi connectivity index (χ1v) is 6.87. The number of benzene rings is 1. The maximum Gasteiger partial charge on any atom is 0.238 e. The van der Waals surface area contributed by atoms with Gasteiger partial charge < -0.3 is 9.30 Å². The van der Waals surface area contributed by atoms with Crippen molar-refractivity contribution in [3.05, 3.63) is 59.6 Å². The number of hydrogen-bond acceptors (Lipinski definition) is 3. The Balaban J connectivity index is 2.07. The quantitative estimate of drug-likeness (QED) is 0.736. The summed E-state index contributed by atoms with van der Waals surface area (Å²) in [5, 5.41) is 0.683. The number of methoxy groups -OCH3 is 1. The van der Waals surface area contributed by atoms with E-state index in [1.54, 1.807) is 13.4 Å². The molecule has 3 aromatic rings. The Morgan fingerprint density at radius 2 is 2.05 bits per heavy atom. The Kier molecular flexibility index (Phi) is 3.62. The van der Waals surface area contributed by atoms with Gasteiger partial charge in [-0.25, -0.2) is 9.97 Å². The first-order chi connectivity index (χ1) is 10.2. The van der Waals surface area contributed by atoms with Crippen molar-refractivity contribution < 1.29 is 4.74 Å². The van der Waals surface area contributed by atoms with Crippen molar-refractivity contribution in [3.8, 4) is 22.8 Å². The number of halogens is 1. The van der Waals surface area contributed by atoms with Crippen LogP contribution in [0.1, 0.15) is 5.69 Å². The monoisotopic (exact) mass is 299 g/mol. The highest BCUT2D eigenvalue weighted by atomic mass is 35.5. The average Bonchev–Trinajstić information content (AvgIpc) is 2.93. The highest BCUT2D eigenvalue weighted by molar-refractivity contribution is 6.30. The van der Waals surface area contributed by atoms with Crippen molar-refractivity contribution in [2.75, 3.05) is 7.11 Å². The summed E-state index contributed by atoms with van der Waals surface area (Å²) in [4.78, 5) is 8.78. The fraction of sp³-hybridized carbons (Fsp3) is 0.125. The van der Waals surface area contributed by atoms with Gasteiger partial charge in [0.15, 0.2) is 0 Å². The SMILES string of the molecule is COc1nc(-c2cccc(Cl)c2)ccc1-n1cnc(C)c1. The standard InChI is InChI=1S/C16H14ClN3O/c1-11-9-20(10-18-11)15-7-6-14(19-16(15)21-2)12-4-3-5-13(17)8-12/h3-10H,1-2H3. The number of pyridine rings is 1. The Morgan fingerprint density at radius 3 is 2.71 bits per heavy atom. The Hall–Kier alpha value is -2.33. The van der Waals surface area contributed by atoms with Crippen LogP contribution >= 0.6 is 11.6 Å². The fourth-order valence-electron chi connectivity index (χ4n) is 2.14. The molecule has 106 valence electrons. The predicted octanol–water partition coefficient (Wildman–Crippen LogP) is 3.90. The van der Waals surface area contributed by atoms with Crippen LogP contribution in [0, 0.1) is 6.92 Å². The van der Waals surface area contributed by atoms with Gasteiger partial charge in [0.25, 0.3) is 0 Å². The number of aromatic nitrogens is 3. The molecule has 0 aliphatic heterocycles. The van der Waals surface area contributed by atoms with E-state index >= 15 is 0 Å². The van der Waals surface area contributed by atoms with Crippen molar-refractivity contribution in [2.45, 2.75) is 6.92 Å². The summed E-state index contributed by atoms with van der Waals surface area (Å²) in [5.74, 6) is 0.546. The largest absolute Gasteiger partial charge is 0.479 e. The van der Waals surface area contributed by atoms with Crippen LogP contribution in [-0.4, -0.2) is 21.6 Å². The summed E-state index contributed by atoms with van der Waals surface area (Å²) in [7, 11) is 1.61. The van der Waals surface area contributed by atoms with E-state index in [0.717, 1.165) is 22.6 Å². The molecule has 2 heterocycles. The summed E-state index contributed by atoms with van der Waals surface area (Å²) >= 11 is 6.03. The number of rotatable bonds is 3. The van der Waals surface area contributed by atoms with Gasteiger partial charge in [0, 0.05) is 16.8 Å². The first kappa shape index (κ1) is 13.6. The molecule has 0 fully saturated rings. The van der Waals surface area contributed by atoms with Crippen LogP contribution in [0.15, 0.2) is 48.9 Å². The first-order valence-electron chi connectivity index (χ1n) is 6.49. The minimum atomic E-state index is 0.546. The third-order valence-corrected chi connectivity index (χ3v) is 3.38. The number of imidazole rings is 1. The summed E-state index contributed by atoms with van der Waals surface area (Å²) in [6.07, 6.45) is 3.67. The molecule has 0 aliphatic rings. The van der Waals surface area contributed by atoms with Gasteiger partial charge in [-0.3, -0.25) is 0 Å². The van der Waals surface area contributed by atoms with Gasteiger partial charge in [-0.05, 0) is 31.2 Å². The number of nitrogens with zero attached hydrogens (tertiary/aromatic N) is 3. The third kappa shape index (κ3) is 2.76. The molecule has 0 unspecified atom stereocenters. The second-order valence-electron chi connectivity index (χ2n) is 4.66. The zero-order valence-electron chi connectivity index (χ0n) is 11.7. The molecule has 0 saturated heterocycles. The molecule has 5 heteroatoms. The van der Waals surface area contributed by atoms with E-state index in [2.05, 4.69) is 9.97 Å². The van der Waals surface area contributed by atoms with Crippen LogP contribution in [-0.2, 0) is 0 Å². The molecular weight excluding hydrogens is 286 g/mol. The molecule has 0 bridgehead atoms. The third-order valence-electron chi connectivity index (χ3n) is 3.14. The molecule has 1 aromatic carbocycles. The van der Waals surface area contributed by atoms with Gasteiger partial charge in [-0.15, -0.1) is 0 Å². The second-order valence-corrected chi connectivity index (χ2v) is 5.09. The Bertz CT molecular complexity index is 783. The summed E-state index contributed by atoms with van der Waals surface area (Å²) in [6, 6.07) is 11.5. The normalized spacial score (nSPS) is 10.6. The molecular formula is C16H14ClN3O. The molecule has 3 rings (SSSR count). The molecule has 2 aromatic heterocycles. The lowest BCUT2D eigenvalue weighted by molar-refractivity contribution is 0.396. The molecule has 0 radical (unpaired) electrons. The van der Waals surface area contributed by atoms with Crippen LogP contribution in [0.5, 0.6) is 5.88 Å². The highest BCUT2D eigenvalue weighted by Gasteiger charge is 2.10. The topological polar surface area (TPSA) is 39.9 Å². The van der Waals surface area contributed by atoms with Gasteiger partial charge >= 0.3 is 0 Å². The van der Waals surface area contributed by atoms with E-state index in [-0.39, 0.29) is 0 Å². The summed E-state index contributed by atoms with van der Waals surface area (Å²) in [5.41, 5.74) is 3.56. The van der Waals surface area contributed by atoms with Gasteiger partial charge in [-0.2, -0.15) is 0 Å². The molecule has 0 atom stereocenters. The Labute approximate surface area is 128 Å². The summed E-state index contributed by atoms with van der Waals surface area (Å²) in [6.45, 7) is 1.94. The van der Waals surface area contributed by atoms with Crippen molar-refractivity contribution in [2.24, 2.45) is 0 Å². The van der Waals surface area contributed by atoms with E-state index in [1.165, 1.54) is 0 Å². The van der Waals surface area contributed by atoms with E-state index in [0.29, 0.717) is 10.9 Å². The molecule has 0 aliphatic carbocycles. The van der Waals surface area contributed by atoms with E-state index < -0.39 is 0 Å². The van der Waals surface area contributed by atoms with Gasteiger partial charge in [0.2, 0.25) is 5.88 Å².